The molecule has 4 aromatic heterocycles. The van der Waals surface area contributed by atoms with Crippen molar-refractivity contribution < 1.29 is 0 Å². The van der Waals surface area contributed by atoms with Crippen LogP contribution in [0.15, 0.2) is 42.9 Å². The fourth-order valence-electron chi connectivity index (χ4n) is 3.39. The van der Waals surface area contributed by atoms with E-state index in [4.69, 9.17) is 4.98 Å². The van der Waals surface area contributed by atoms with E-state index in [0.29, 0.717) is 0 Å². The molecule has 5 rings (SSSR count). The summed E-state index contributed by atoms with van der Waals surface area (Å²) in [6, 6.07) is 8.07. The summed E-state index contributed by atoms with van der Waals surface area (Å²) in [5.74, 6) is 1.61. The van der Waals surface area contributed by atoms with E-state index < -0.39 is 0 Å². The van der Waals surface area contributed by atoms with Crippen molar-refractivity contribution in [1.29, 1.82) is 0 Å². The molecule has 0 radical (unpaired) electrons. The number of aromatic nitrogens is 5. The first kappa shape index (κ1) is 14.0. The minimum absolute atomic E-state index is 0.785. The van der Waals surface area contributed by atoms with Gasteiger partial charge in [0.15, 0.2) is 5.82 Å². The predicted molar refractivity (Wildman–Crippen MR) is 97.6 cm³/mol. The summed E-state index contributed by atoms with van der Waals surface area (Å²) in [6.07, 6.45) is 5.38. The van der Waals surface area contributed by atoms with Gasteiger partial charge in [0, 0.05) is 29.2 Å². The van der Waals surface area contributed by atoms with Gasteiger partial charge in [0.25, 0.3) is 0 Å². The molecule has 0 aliphatic carbocycles. The van der Waals surface area contributed by atoms with Gasteiger partial charge in [-0.25, -0.2) is 9.97 Å². The van der Waals surface area contributed by atoms with E-state index in [0.717, 1.165) is 51.2 Å². The molecule has 1 aliphatic rings. The lowest BCUT2D eigenvalue weighted by Crippen LogP contribution is -1.95. The summed E-state index contributed by atoms with van der Waals surface area (Å²) in [4.78, 5) is 20.5. The van der Waals surface area contributed by atoms with Gasteiger partial charge in [0.1, 0.15) is 11.5 Å². The van der Waals surface area contributed by atoms with E-state index in [1.807, 2.05) is 24.4 Å². The maximum absolute atomic E-state index is 4.91. The zero-order valence-electron chi connectivity index (χ0n) is 13.9. The van der Waals surface area contributed by atoms with Crippen LogP contribution in [0, 0.1) is 13.8 Å². The summed E-state index contributed by atoms with van der Waals surface area (Å²) >= 11 is 0. The highest BCUT2D eigenvalue weighted by Gasteiger charge is 2.24. The van der Waals surface area contributed by atoms with E-state index in [9.17, 15) is 0 Å². The van der Waals surface area contributed by atoms with Crippen molar-refractivity contribution in [3.63, 3.8) is 0 Å². The Bertz CT molecular complexity index is 1040. The molecule has 25 heavy (non-hydrogen) atoms. The molecule has 5 heterocycles. The van der Waals surface area contributed by atoms with Crippen LogP contribution in [0.4, 0.5) is 11.5 Å². The van der Waals surface area contributed by atoms with E-state index in [1.54, 1.807) is 12.4 Å². The largest absolute Gasteiger partial charge is 0.356 e. The summed E-state index contributed by atoms with van der Waals surface area (Å²) in [6.45, 7) is 4.13. The van der Waals surface area contributed by atoms with E-state index in [1.165, 1.54) is 5.56 Å². The van der Waals surface area contributed by atoms with Gasteiger partial charge in [0.2, 0.25) is 0 Å². The second kappa shape index (κ2) is 5.04. The van der Waals surface area contributed by atoms with Gasteiger partial charge in [-0.15, -0.1) is 0 Å². The second-order valence-corrected chi connectivity index (χ2v) is 6.27. The molecule has 0 saturated carbocycles. The first-order valence-electron chi connectivity index (χ1n) is 8.14. The van der Waals surface area contributed by atoms with E-state index >= 15 is 0 Å². The average molecular weight is 328 g/mol. The van der Waals surface area contributed by atoms with Gasteiger partial charge >= 0.3 is 0 Å². The quantitative estimate of drug-likeness (QED) is 0.430. The molecule has 0 aromatic carbocycles. The molecule has 0 saturated heterocycles. The average Bonchev–Trinajstić information content (AvgIpc) is 3.15. The number of nitrogens with one attached hydrogen (secondary N) is 3. The van der Waals surface area contributed by atoms with E-state index in [-0.39, 0.29) is 0 Å². The number of fused-ring (bicyclic) bond motifs is 5. The molecule has 0 bridgehead atoms. The van der Waals surface area contributed by atoms with Gasteiger partial charge in [-0.2, -0.15) is 0 Å². The highest BCUT2D eigenvalue weighted by Crippen LogP contribution is 2.42. The number of pyridine rings is 2. The molecule has 122 valence electrons. The maximum Gasteiger partial charge on any atom is 0.155 e. The molecule has 0 spiro atoms. The zero-order chi connectivity index (χ0) is 17.0. The summed E-state index contributed by atoms with van der Waals surface area (Å²) < 4.78 is 0. The fraction of sp³-hybridized carbons (Fsp3) is 0.105. The summed E-state index contributed by atoms with van der Waals surface area (Å²) in [7, 11) is 0. The SMILES string of the molecule is Cc1cc(C)c(-c2nc3c([nH]2)-c2ccncc2Nc2ncccc2-3)[nH]1. The van der Waals surface area contributed by atoms with Gasteiger partial charge < -0.3 is 15.3 Å². The van der Waals surface area contributed by atoms with Crippen molar-refractivity contribution >= 4 is 11.5 Å². The molecular weight excluding hydrogens is 312 g/mol. The topological polar surface area (TPSA) is 82.3 Å². The highest BCUT2D eigenvalue weighted by atomic mass is 15.0. The van der Waals surface area contributed by atoms with Crippen molar-refractivity contribution in [3.8, 4) is 34.0 Å². The Hall–Kier alpha value is -3.41. The zero-order valence-corrected chi connectivity index (χ0v) is 13.9. The van der Waals surface area contributed by atoms with Gasteiger partial charge in [-0.1, -0.05) is 0 Å². The smallest absolute Gasteiger partial charge is 0.155 e. The second-order valence-electron chi connectivity index (χ2n) is 6.27. The molecule has 6 heteroatoms. The Labute approximate surface area is 144 Å². The lowest BCUT2D eigenvalue weighted by atomic mass is 10.1. The van der Waals surface area contributed by atoms with Crippen molar-refractivity contribution in [2.24, 2.45) is 0 Å². The molecule has 3 N–H and O–H groups in total. The monoisotopic (exact) mass is 328 g/mol. The van der Waals surface area contributed by atoms with Crippen LogP contribution in [-0.2, 0) is 0 Å². The number of anilines is 2. The van der Waals surface area contributed by atoms with Crippen LogP contribution < -0.4 is 5.32 Å². The summed E-state index contributed by atoms with van der Waals surface area (Å²) in [5, 5.41) is 3.37. The number of imidazole rings is 1. The number of nitrogens with zero attached hydrogens (tertiary/aromatic N) is 3. The standard InChI is InChI=1S/C19H16N6/c1-10-8-11(2)22-15(10)19-24-16-12-5-7-20-9-14(12)23-18-13(17(16)25-19)4-3-6-21-18/h3-9,22H,1-2H3,(H,21,23)(H,24,25). The first-order valence-corrected chi connectivity index (χ1v) is 8.14. The van der Waals surface area contributed by atoms with Crippen LogP contribution in [0.5, 0.6) is 0 Å². The number of H-pyrrole nitrogens is 2. The van der Waals surface area contributed by atoms with Crippen molar-refractivity contribution in [1.82, 2.24) is 24.9 Å². The maximum atomic E-state index is 4.91. The van der Waals surface area contributed by atoms with Gasteiger partial charge in [0.05, 0.1) is 23.3 Å². The van der Waals surface area contributed by atoms with Crippen LogP contribution >= 0.6 is 0 Å². The summed E-state index contributed by atoms with van der Waals surface area (Å²) in [5.41, 5.74) is 8.07. The normalized spacial score (nSPS) is 11.9. The number of aryl methyl sites for hydroxylation is 2. The van der Waals surface area contributed by atoms with Crippen LogP contribution in [0.25, 0.3) is 34.0 Å². The molecular formula is C19H16N6. The Kier molecular flexibility index (Phi) is 2.82. The molecule has 6 nitrogen and oxygen atoms in total. The minimum Gasteiger partial charge on any atom is -0.356 e. The lowest BCUT2D eigenvalue weighted by Gasteiger charge is -2.07. The predicted octanol–water partition coefficient (Wildman–Crippen LogP) is 4.20. The lowest BCUT2D eigenvalue weighted by molar-refractivity contribution is 1.20. The number of aromatic amines is 2. The molecule has 0 fully saturated rings. The van der Waals surface area contributed by atoms with Crippen LogP contribution in [0.3, 0.4) is 0 Å². The Morgan fingerprint density at radius 1 is 0.960 bits per heavy atom. The van der Waals surface area contributed by atoms with Crippen LogP contribution in [0.2, 0.25) is 0 Å². The van der Waals surface area contributed by atoms with Crippen molar-refractivity contribution in [2.45, 2.75) is 13.8 Å². The molecule has 0 unspecified atom stereocenters. The minimum atomic E-state index is 0.785. The van der Waals surface area contributed by atoms with Crippen LogP contribution in [-0.4, -0.2) is 24.9 Å². The van der Waals surface area contributed by atoms with Crippen molar-refractivity contribution in [3.05, 3.63) is 54.1 Å². The molecule has 1 aliphatic heterocycles. The van der Waals surface area contributed by atoms with E-state index in [2.05, 4.69) is 45.2 Å². The number of rotatable bonds is 1. The first-order chi connectivity index (χ1) is 12.2. The van der Waals surface area contributed by atoms with Crippen molar-refractivity contribution in [2.75, 3.05) is 5.32 Å². The highest BCUT2D eigenvalue weighted by molar-refractivity contribution is 5.95. The Morgan fingerprint density at radius 2 is 1.88 bits per heavy atom. The number of hydrogen-bond acceptors (Lipinski definition) is 4. The fourth-order valence-corrected chi connectivity index (χ4v) is 3.39. The third-order valence-corrected chi connectivity index (χ3v) is 4.50. The molecule has 4 aromatic rings. The Morgan fingerprint density at radius 3 is 2.72 bits per heavy atom. The third-order valence-electron chi connectivity index (χ3n) is 4.50. The third kappa shape index (κ3) is 2.07. The Balaban J connectivity index is 1.82. The number of hydrogen-bond donors (Lipinski definition) is 3. The van der Waals surface area contributed by atoms with Crippen LogP contribution in [0.1, 0.15) is 11.3 Å². The van der Waals surface area contributed by atoms with Gasteiger partial charge in [-0.3, -0.25) is 4.98 Å². The molecule has 0 amide bonds. The molecule has 0 atom stereocenters. The van der Waals surface area contributed by atoms with Gasteiger partial charge in [-0.05, 0) is 43.7 Å².